The molecule has 0 fully saturated rings. The maximum absolute atomic E-state index is 11.6. The lowest BCUT2D eigenvalue weighted by molar-refractivity contribution is -0.121. The number of hydrogen-bond donors (Lipinski definition) is 0. The summed E-state index contributed by atoms with van der Waals surface area (Å²) < 4.78 is 0. The van der Waals surface area contributed by atoms with Crippen LogP contribution < -0.4 is 0 Å². The highest BCUT2D eigenvalue weighted by Gasteiger charge is 2.12. The Labute approximate surface area is 86.0 Å². The molecule has 0 radical (unpaired) electrons. The summed E-state index contributed by atoms with van der Waals surface area (Å²) in [5, 5.41) is 0. The lowest BCUT2D eigenvalue weighted by Gasteiger charge is -2.08. The molecule has 0 amide bonds. The second kappa shape index (κ2) is 7.19. The molecule has 0 aromatic rings. The fraction of sp³-hybridized carbons (Fsp3) is 0.727. The summed E-state index contributed by atoms with van der Waals surface area (Å²) in [7, 11) is 0. The van der Waals surface area contributed by atoms with Gasteiger partial charge in [-0.05, 0) is 32.3 Å². The van der Waals surface area contributed by atoms with Crippen molar-refractivity contribution in [3.63, 3.8) is 0 Å². The van der Waals surface area contributed by atoms with Gasteiger partial charge in [-0.3, -0.25) is 4.79 Å². The van der Waals surface area contributed by atoms with Crippen LogP contribution in [0.5, 0.6) is 0 Å². The van der Waals surface area contributed by atoms with Crippen LogP contribution in [0.1, 0.15) is 33.6 Å². The summed E-state index contributed by atoms with van der Waals surface area (Å²) >= 11 is 1.74. The zero-order valence-electron chi connectivity index (χ0n) is 9.09. The summed E-state index contributed by atoms with van der Waals surface area (Å²) in [6.07, 6.45) is 5.76. The number of allylic oxidation sites excluding steroid dienone is 2. The Morgan fingerprint density at radius 1 is 1.46 bits per heavy atom. The van der Waals surface area contributed by atoms with Crippen molar-refractivity contribution < 1.29 is 4.79 Å². The van der Waals surface area contributed by atoms with Crippen LogP contribution in [0.2, 0.25) is 0 Å². The van der Waals surface area contributed by atoms with Gasteiger partial charge in [0.15, 0.2) is 0 Å². The van der Waals surface area contributed by atoms with E-state index >= 15 is 0 Å². The van der Waals surface area contributed by atoms with Crippen molar-refractivity contribution in [3.05, 3.63) is 11.6 Å². The summed E-state index contributed by atoms with van der Waals surface area (Å²) in [5.74, 6) is 1.49. The van der Waals surface area contributed by atoms with Gasteiger partial charge in [0.25, 0.3) is 0 Å². The van der Waals surface area contributed by atoms with E-state index in [4.69, 9.17) is 0 Å². The molecule has 0 spiro atoms. The average Bonchev–Trinajstić information content (AvgIpc) is 2.09. The molecule has 0 rings (SSSR count). The monoisotopic (exact) mass is 200 g/mol. The number of thioether (sulfide) groups is 1. The van der Waals surface area contributed by atoms with Crippen molar-refractivity contribution in [2.75, 3.05) is 12.0 Å². The first-order valence-corrected chi connectivity index (χ1v) is 6.17. The summed E-state index contributed by atoms with van der Waals surface area (Å²) in [6.45, 7) is 6.16. The maximum Gasteiger partial charge on any atom is 0.140 e. The average molecular weight is 200 g/mol. The quantitative estimate of drug-likeness (QED) is 0.612. The Balaban J connectivity index is 4.08. The molecule has 0 saturated carbocycles. The molecule has 0 aromatic carbocycles. The largest absolute Gasteiger partial charge is 0.299 e. The minimum Gasteiger partial charge on any atom is -0.299 e. The van der Waals surface area contributed by atoms with Gasteiger partial charge in [0.2, 0.25) is 0 Å². The zero-order chi connectivity index (χ0) is 10.3. The van der Waals surface area contributed by atoms with E-state index in [9.17, 15) is 4.79 Å². The molecule has 1 unspecified atom stereocenters. The predicted octanol–water partition coefficient (Wildman–Crippen LogP) is 3.30. The van der Waals surface area contributed by atoms with Crippen molar-refractivity contribution in [1.29, 1.82) is 0 Å². The van der Waals surface area contributed by atoms with Gasteiger partial charge in [-0.2, -0.15) is 11.8 Å². The first-order valence-electron chi connectivity index (χ1n) is 4.78. The fourth-order valence-corrected chi connectivity index (χ4v) is 1.63. The molecule has 2 heteroatoms. The predicted molar refractivity (Wildman–Crippen MR) is 61.2 cm³/mol. The van der Waals surface area contributed by atoms with E-state index in [-0.39, 0.29) is 5.92 Å². The maximum atomic E-state index is 11.6. The van der Waals surface area contributed by atoms with Crippen LogP contribution >= 0.6 is 11.8 Å². The third-order valence-electron chi connectivity index (χ3n) is 1.94. The molecule has 0 aliphatic heterocycles. The SMILES string of the molecule is CCC(C=C(C)C)C(=O)CCSC. The van der Waals surface area contributed by atoms with Crippen LogP contribution in [-0.4, -0.2) is 17.8 Å². The Morgan fingerprint density at radius 2 is 2.08 bits per heavy atom. The van der Waals surface area contributed by atoms with Gasteiger partial charge in [-0.25, -0.2) is 0 Å². The molecule has 0 aliphatic rings. The minimum absolute atomic E-state index is 0.150. The molecule has 0 bridgehead atoms. The van der Waals surface area contributed by atoms with Gasteiger partial charge in [-0.1, -0.05) is 18.6 Å². The molecule has 0 aromatic heterocycles. The van der Waals surface area contributed by atoms with Gasteiger partial charge in [0.1, 0.15) is 5.78 Å². The summed E-state index contributed by atoms with van der Waals surface area (Å²) in [4.78, 5) is 11.6. The molecule has 0 N–H and O–H groups in total. The highest BCUT2D eigenvalue weighted by molar-refractivity contribution is 7.98. The van der Waals surface area contributed by atoms with E-state index in [1.807, 2.05) is 20.1 Å². The van der Waals surface area contributed by atoms with E-state index < -0.39 is 0 Å². The van der Waals surface area contributed by atoms with E-state index in [1.54, 1.807) is 11.8 Å². The number of carbonyl (C=O) groups is 1. The Morgan fingerprint density at radius 3 is 2.46 bits per heavy atom. The van der Waals surface area contributed by atoms with Crippen molar-refractivity contribution in [2.45, 2.75) is 33.6 Å². The molecule has 76 valence electrons. The molecular weight excluding hydrogens is 180 g/mol. The number of rotatable bonds is 6. The van der Waals surface area contributed by atoms with Crippen LogP contribution in [0.25, 0.3) is 0 Å². The first kappa shape index (κ1) is 12.8. The summed E-state index contributed by atoms with van der Waals surface area (Å²) in [5.41, 5.74) is 1.24. The highest BCUT2D eigenvalue weighted by Crippen LogP contribution is 2.12. The number of Topliss-reactive ketones (excluding diaryl/α,β-unsaturated/α-hetero) is 1. The third kappa shape index (κ3) is 5.92. The van der Waals surface area contributed by atoms with E-state index in [1.165, 1.54) is 5.57 Å². The van der Waals surface area contributed by atoms with Gasteiger partial charge in [0, 0.05) is 12.3 Å². The first-order chi connectivity index (χ1) is 6.11. The Kier molecular flexibility index (Phi) is 7.06. The van der Waals surface area contributed by atoms with E-state index in [0.717, 1.165) is 12.2 Å². The minimum atomic E-state index is 0.150. The summed E-state index contributed by atoms with van der Waals surface area (Å²) in [6, 6.07) is 0. The normalized spacial score (nSPS) is 12.3. The van der Waals surface area contributed by atoms with Crippen LogP contribution in [0, 0.1) is 5.92 Å². The van der Waals surface area contributed by atoms with Crippen molar-refractivity contribution >= 4 is 17.5 Å². The topological polar surface area (TPSA) is 17.1 Å². The molecular formula is C11H20OS. The van der Waals surface area contributed by atoms with Gasteiger partial charge in [0.05, 0.1) is 0 Å². The van der Waals surface area contributed by atoms with Crippen LogP contribution in [0.15, 0.2) is 11.6 Å². The molecule has 0 saturated heterocycles. The fourth-order valence-electron chi connectivity index (χ4n) is 1.23. The zero-order valence-corrected chi connectivity index (χ0v) is 9.91. The van der Waals surface area contributed by atoms with Crippen molar-refractivity contribution in [2.24, 2.45) is 5.92 Å². The van der Waals surface area contributed by atoms with Crippen molar-refractivity contribution in [1.82, 2.24) is 0 Å². The van der Waals surface area contributed by atoms with E-state index in [2.05, 4.69) is 13.0 Å². The van der Waals surface area contributed by atoms with Crippen molar-refractivity contribution in [3.8, 4) is 0 Å². The van der Waals surface area contributed by atoms with Crippen LogP contribution in [0.3, 0.4) is 0 Å². The number of hydrogen-bond acceptors (Lipinski definition) is 2. The third-order valence-corrected chi connectivity index (χ3v) is 2.55. The number of carbonyl (C=O) groups excluding carboxylic acids is 1. The molecule has 0 heterocycles. The smallest absolute Gasteiger partial charge is 0.140 e. The molecule has 1 nitrogen and oxygen atoms in total. The van der Waals surface area contributed by atoms with Gasteiger partial charge in [-0.15, -0.1) is 0 Å². The second-order valence-electron chi connectivity index (χ2n) is 3.47. The van der Waals surface area contributed by atoms with E-state index in [0.29, 0.717) is 12.2 Å². The molecule has 0 aliphatic carbocycles. The lowest BCUT2D eigenvalue weighted by atomic mass is 9.97. The van der Waals surface area contributed by atoms with Gasteiger partial charge >= 0.3 is 0 Å². The van der Waals surface area contributed by atoms with Crippen LogP contribution in [-0.2, 0) is 4.79 Å². The Bertz CT molecular complexity index is 181. The second-order valence-corrected chi connectivity index (χ2v) is 4.45. The standard InChI is InChI=1S/C11H20OS/c1-5-10(8-9(2)3)11(12)6-7-13-4/h8,10H,5-7H2,1-4H3. The Hall–Kier alpha value is -0.240. The number of ketones is 1. The molecule has 13 heavy (non-hydrogen) atoms. The van der Waals surface area contributed by atoms with Gasteiger partial charge < -0.3 is 0 Å². The highest BCUT2D eigenvalue weighted by atomic mass is 32.2. The molecule has 1 atom stereocenters. The van der Waals surface area contributed by atoms with Crippen LogP contribution in [0.4, 0.5) is 0 Å². The lowest BCUT2D eigenvalue weighted by Crippen LogP contribution is -2.12.